The van der Waals surface area contributed by atoms with Crippen molar-refractivity contribution in [2.24, 2.45) is 0 Å². The molecule has 0 aliphatic carbocycles. The van der Waals surface area contributed by atoms with E-state index in [9.17, 15) is 0 Å². The molecule has 2 aliphatic heterocycles. The number of piperidine rings is 1. The molecule has 2 unspecified atom stereocenters. The number of aromatic nitrogens is 2. The molecular weight excluding hydrogens is 248 g/mol. The first-order chi connectivity index (χ1) is 9.78. The van der Waals surface area contributed by atoms with E-state index in [1.807, 2.05) is 31.2 Å². The molecule has 3 heterocycles. The molecule has 1 aromatic carbocycles. The second-order valence-corrected chi connectivity index (χ2v) is 6.10. The number of hydrogen-bond acceptors (Lipinski definition) is 4. The van der Waals surface area contributed by atoms with Crippen molar-refractivity contribution in [3.8, 4) is 0 Å². The highest BCUT2D eigenvalue weighted by Gasteiger charge is 2.33. The van der Waals surface area contributed by atoms with Crippen molar-refractivity contribution in [2.75, 3.05) is 5.32 Å². The number of nitrogens with zero attached hydrogens (tertiary/aromatic N) is 2. The van der Waals surface area contributed by atoms with E-state index in [1.165, 1.54) is 25.7 Å². The molecule has 0 saturated carbocycles. The average molecular weight is 268 g/mol. The van der Waals surface area contributed by atoms with E-state index < -0.39 is 0 Å². The van der Waals surface area contributed by atoms with Gasteiger partial charge in [0, 0.05) is 18.1 Å². The van der Waals surface area contributed by atoms with Crippen molar-refractivity contribution in [3.63, 3.8) is 0 Å². The van der Waals surface area contributed by atoms with Crippen LogP contribution in [0.15, 0.2) is 24.3 Å². The molecule has 4 rings (SSSR count). The molecule has 4 heteroatoms. The fraction of sp³-hybridized carbons (Fsp3) is 0.500. The van der Waals surface area contributed by atoms with Crippen molar-refractivity contribution >= 4 is 16.9 Å². The first kappa shape index (κ1) is 12.1. The van der Waals surface area contributed by atoms with Crippen molar-refractivity contribution in [1.29, 1.82) is 0 Å². The van der Waals surface area contributed by atoms with Crippen LogP contribution in [0.25, 0.3) is 11.0 Å². The summed E-state index contributed by atoms with van der Waals surface area (Å²) in [7, 11) is 0. The van der Waals surface area contributed by atoms with Crippen LogP contribution < -0.4 is 10.6 Å². The van der Waals surface area contributed by atoms with E-state index in [0.717, 1.165) is 22.5 Å². The molecule has 2 fully saturated rings. The highest BCUT2D eigenvalue weighted by Crippen LogP contribution is 2.29. The minimum absolute atomic E-state index is 0.530. The number of fused-ring (bicyclic) bond motifs is 3. The second kappa shape index (κ2) is 4.70. The maximum atomic E-state index is 4.75. The molecule has 2 aliphatic rings. The fourth-order valence-electron chi connectivity index (χ4n) is 3.59. The Kier molecular flexibility index (Phi) is 2.84. The van der Waals surface area contributed by atoms with E-state index in [1.54, 1.807) is 0 Å². The van der Waals surface area contributed by atoms with Crippen LogP contribution in [0.5, 0.6) is 0 Å². The van der Waals surface area contributed by atoms with Gasteiger partial charge in [-0.05, 0) is 44.7 Å². The summed E-state index contributed by atoms with van der Waals surface area (Å²) >= 11 is 0. The number of benzene rings is 1. The van der Waals surface area contributed by atoms with Crippen molar-refractivity contribution < 1.29 is 0 Å². The lowest BCUT2D eigenvalue weighted by Gasteiger charge is -2.30. The van der Waals surface area contributed by atoms with Crippen LogP contribution in [0, 0.1) is 6.92 Å². The van der Waals surface area contributed by atoms with Crippen LogP contribution >= 0.6 is 0 Å². The van der Waals surface area contributed by atoms with Gasteiger partial charge in [-0.25, -0.2) is 9.97 Å². The van der Waals surface area contributed by atoms with Crippen molar-refractivity contribution in [2.45, 2.75) is 50.7 Å². The monoisotopic (exact) mass is 268 g/mol. The summed E-state index contributed by atoms with van der Waals surface area (Å²) < 4.78 is 0. The lowest BCUT2D eigenvalue weighted by Crippen LogP contribution is -2.43. The van der Waals surface area contributed by atoms with Gasteiger partial charge >= 0.3 is 0 Å². The Morgan fingerprint density at radius 1 is 1.05 bits per heavy atom. The second-order valence-electron chi connectivity index (χ2n) is 6.10. The van der Waals surface area contributed by atoms with Crippen LogP contribution in [0.3, 0.4) is 0 Å². The van der Waals surface area contributed by atoms with Crippen LogP contribution in [-0.4, -0.2) is 28.1 Å². The first-order valence-corrected chi connectivity index (χ1v) is 7.54. The quantitative estimate of drug-likeness (QED) is 0.879. The molecule has 4 nitrogen and oxygen atoms in total. The smallest absolute Gasteiger partial charge is 0.148 e. The van der Waals surface area contributed by atoms with E-state index in [0.29, 0.717) is 18.1 Å². The van der Waals surface area contributed by atoms with Gasteiger partial charge < -0.3 is 10.6 Å². The van der Waals surface area contributed by atoms with Crippen LogP contribution in [0.1, 0.15) is 31.4 Å². The Bertz CT molecular complexity index is 627. The zero-order chi connectivity index (χ0) is 13.5. The van der Waals surface area contributed by atoms with Gasteiger partial charge in [0.25, 0.3) is 0 Å². The number of hydrogen-bond donors (Lipinski definition) is 2. The number of anilines is 1. The van der Waals surface area contributed by atoms with E-state index in [4.69, 9.17) is 4.98 Å². The molecule has 2 saturated heterocycles. The molecule has 2 N–H and O–H groups in total. The highest BCUT2D eigenvalue weighted by atomic mass is 15.1. The van der Waals surface area contributed by atoms with Gasteiger partial charge in [-0.2, -0.15) is 0 Å². The van der Waals surface area contributed by atoms with Gasteiger partial charge in [0.1, 0.15) is 5.82 Å². The van der Waals surface area contributed by atoms with Gasteiger partial charge in [0.15, 0.2) is 0 Å². The third kappa shape index (κ3) is 2.14. The molecule has 104 valence electrons. The molecular formula is C16H20N4. The molecule has 20 heavy (non-hydrogen) atoms. The lowest BCUT2D eigenvalue weighted by molar-refractivity contribution is 0.377. The molecule has 2 atom stereocenters. The van der Waals surface area contributed by atoms with Gasteiger partial charge in [-0.15, -0.1) is 0 Å². The highest BCUT2D eigenvalue weighted by molar-refractivity contribution is 5.76. The number of nitrogens with one attached hydrogen (secondary N) is 2. The molecule has 2 bridgehead atoms. The zero-order valence-electron chi connectivity index (χ0n) is 11.8. The summed E-state index contributed by atoms with van der Waals surface area (Å²) in [6, 6.07) is 9.99. The normalized spacial score (nSPS) is 28.8. The molecule has 0 radical (unpaired) electrons. The summed E-state index contributed by atoms with van der Waals surface area (Å²) in [5.74, 6) is 0.954. The van der Waals surface area contributed by atoms with Crippen LogP contribution in [0.2, 0.25) is 0 Å². The third-order valence-electron chi connectivity index (χ3n) is 4.56. The van der Waals surface area contributed by atoms with Crippen LogP contribution in [0.4, 0.5) is 5.82 Å². The number of aryl methyl sites for hydroxylation is 1. The molecule has 1 aromatic heterocycles. The van der Waals surface area contributed by atoms with E-state index in [-0.39, 0.29) is 0 Å². The summed E-state index contributed by atoms with van der Waals surface area (Å²) in [5, 5.41) is 7.30. The minimum Gasteiger partial charge on any atom is -0.366 e. The van der Waals surface area contributed by atoms with Gasteiger partial charge in [-0.1, -0.05) is 12.1 Å². The van der Waals surface area contributed by atoms with Crippen LogP contribution in [-0.2, 0) is 0 Å². The lowest BCUT2D eigenvalue weighted by atomic mass is 10.00. The van der Waals surface area contributed by atoms with Crippen molar-refractivity contribution in [3.05, 3.63) is 30.0 Å². The predicted octanol–water partition coefficient (Wildman–Crippen LogP) is 2.63. The first-order valence-electron chi connectivity index (χ1n) is 7.54. The summed E-state index contributed by atoms with van der Waals surface area (Å²) in [6.07, 6.45) is 5.05. The molecule has 0 amide bonds. The summed E-state index contributed by atoms with van der Waals surface area (Å²) in [4.78, 5) is 9.40. The summed E-state index contributed by atoms with van der Waals surface area (Å²) in [5.41, 5.74) is 2.94. The number of para-hydroxylation sites is 2. The third-order valence-corrected chi connectivity index (χ3v) is 4.56. The van der Waals surface area contributed by atoms with E-state index >= 15 is 0 Å². The zero-order valence-corrected chi connectivity index (χ0v) is 11.8. The Hall–Kier alpha value is -1.68. The van der Waals surface area contributed by atoms with E-state index in [2.05, 4.69) is 15.6 Å². The molecule has 2 aromatic rings. The number of rotatable bonds is 2. The van der Waals surface area contributed by atoms with Gasteiger partial charge in [0.05, 0.1) is 16.7 Å². The average Bonchev–Trinajstić information content (AvgIpc) is 2.79. The largest absolute Gasteiger partial charge is 0.366 e. The standard InChI is InChI=1S/C16H20N4/c1-10-16(20-15-5-3-2-4-14(15)17-10)19-13-8-11-6-7-12(9-13)18-11/h2-5,11-13,18H,6-9H2,1H3,(H,19,20). The molecule has 0 spiro atoms. The maximum absolute atomic E-state index is 4.75. The minimum atomic E-state index is 0.530. The maximum Gasteiger partial charge on any atom is 0.148 e. The van der Waals surface area contributed by atoms with Crippen molar-refractivity contribution in [1.82, 2.24) is 15.3 Å². The Balaban J connectivity index is 1.60. The SMILES string of the molecule is Cc1nc2ccccc2nc1NC1CC2CCC(C1)N2. The van der Waals surface area contributed by atoms with Gasteiger partial charge in [0.2, 0.25) is 0 Å². The fourth-order valence-corrected chi connectivity index (χ4v) is 3.59. The topological polar surface area (TPSA) is 49.8 Å². The predicted molar refractivity (Wildman–Crippen MR) is 80.9 cm³/mol. The summed E-state index contributed by atoms with van der Waals surface area (Å²) in [6.45, 7) is 2.04. The van der Waals surface area contributed by atoms with Gasteiger partial charge in [-0.3, -0.25) is 0 Å². The Morgan fingerprint density at radius 2 is 1.70 bits per heavy atom. The Morgan fingerprint density at radius 3 is 2.40 bits per heavy atom. The Labute approximate surface area is 119 Å².